The molecule has 0 fully saturated rings. The molecule has 20 heavy (non-hydrogen) atoms. The van der Waals surface area contributed by atoms with Crippen molar-refractivity contribution >= 4 is 11.6 Å². The van der Waals surface area contributed by atoms with Crippen LogP contribution in [-0.2, 0) is 0 Å². The van der Waals surface area contributed by atoms with Crippen LogP contribution in [-0.4, -0.2) is 5.91 Å². The van der Waals surface area contributed by atoms with Crippen molar-refractivity contribution < 1.29 is 4.79 Å². The lowest BCUT2D eigenvalue weighted by atomic mass is 9.99. The lowest BCUT2D eigenvalue weighted by Gasteiger charge is -2.17. The van der Waals surface area contributed by atoms with Crippen LogP contribution < -0.4 is 11.1 Å². The molecular formula is C17H20N2O. The molecule has 0 saturated heterocycles. The van der Waals surface area contributed by atoms with Crippen molar-refractivity contribution in [2.24, 2.45) is 0 Å². The van der Waals surface area contributed by atoms with Gasteiger partial charge >= 0.3 is 0 Å². The lowest BCUT2D eigenvalue weighted by Crippen LogP contribution is -2.27. The standard InChI is InChI=1S/C17H20N2O/c1-11-7-8-12(2)16(9-11)13(3)19-17(20)14-5-4-6-15(18)10-14/h4-10,13H,18H2,1-3H3,(H,19,20). The summed E-state index contributed by atoms with van der Waals surface area (Å²) in [5.41, 5.74) is 10.4. The SMILES string of the molecule is Cc1ccc(C)c(C(C)NC(=O)c2cccc(N)c2)c1. The number of hydrogen-bond donors (Lipinski definition) is 2. The third-order valence-electron chi connectivity index (χ3n) is 3.40. The molecule has 104 valence electrons. The van der Waals surface area contributed by atoms with Gasteiger partial charge in [0.05, 0.1) is 6.04 Å². The minimum atomic E-state index is -0.106. The first kappa shape index (κ1) is 14.1. The highest BCUT2D eigenvalue weighted by Gasteiger charge is 2.13. The predicted molar refractivity (Wildman–Crippen MR) is 82.7 cm³/mol. The van der Waals surface area contributed by atoms with Gasteiger partial charge in [-0.25, -0.2) is 0 Å². The van der Waals surface area contributed by atoms with E-state index in [1.165, 1.54) is 11.1 Å². The molecule has 0 aliphatic heterocycles. The molecule has 0 spiro atoms. The van der Waals surface area contributed by atoms with E-state index < -0.39 is 0 Å². The molecule has 0 radical (unpaired) electrons. The van der Waals surface area contributed by atoms with E-state index >= 15 is 0 Å². The molecule has 0 bridgehead atoms. The Morgan fingerprint density at radius 3 is 2.60 bits per heavy atom. The zero-order valence-electron chi connectivity index (χ0n) is 12.1. The fourth-order valence-corrected chi connectivity index (χ4v) is 2.26. The van der Waals surface area contributed by atoms with Crippen molar-refractivity contribution in [2.75, 3.05) is 5.73 Å². The number of hydrogen-bond acceptors (Lipinski definition) is 2. The summed E-state index contributed by atoms with van der Waals surface area (Å²) in [6.07, 6.45) is 0. The Balaban J connectivity index is 2.17. The van der Waals surface area contributed by atoms with Crippen molar-refractivity contribution in [3.63, 3.8) is 0 Å². The third kappa shape index (κ3) is 3.18. The van der Waals surface area contributed by atoms with Crippen LogP contribution in [0, 0.1) is 13.8 Å². The summed E-state index contributed by atoms with van der Waals surface area (Å²) in [6, 6.07) is 13.2. The first-order valence-electron chi connectivity index (χ1n) is 6.71. The molecule has 1 unspecified atom stereocenters. The highest BCUT2D eigenvalue weighted by molar-refractivity contribution is 5.95. The largest absolute Gasteiger partial charge is 0.399 e. The van der Waals surface area contributed by atoms with Crippen molar-refractivity contribution in [2.45, 2.75) is 26.8 Å². The average molecular weight is 268 g/mol. The minimum Gasteiger partial charge on any atom is -0.399 e. The molecule has 2 rings (SSSR count). The number of anilines is 1. The molecule has 3 heteroatoms. The maximum atomic E-state index is 12.2. The smallest absolute Gasteiger partial charge is 0.251 e. The highest BCUT2D eigenvalue weighted by atomic mass is 16.1. The van der Waals surface area contributed by atoms with Gasteiger partial charge in [-0.15, -0.1) is 0 Å². The van der Waals surface area contributed by atoms with E-state index in [1.807, 2.05) is 6.92 Å². The number of rotatable bonds is 3. The number of amides is 1. The summed E-state index contributed by atoms with van der Waals surface area (Å²) in [6.45, 7) is 6.10. The summed E-state index contributed by atoms with van der Waals surface area (Å²) in [7, 11) is 0. The quantitative estimate of drug-likeness (QED) is 0.838. The van der Waals surface area contributed by atoms with Crippen molar-refractivity contribution in [3.8, 4) is 0 Å². The predicted octanol–water partition coefficient (Wildman–Crippen LogP) is 3.38. The second-order valence-corrected chi connectivity index (χ2v) is 5.18. The molecule has 0 saturated carbocycles. The summed E-state index contributed by atoms with van der Waals surface area (Å²) in [5.74, 6) is -0.106. The molecule has 3 N–H and O–H groups in total. The van der Waals surface area contributed by atoms with Gasteiger partial charge < -0.3 is 11.1 Å². The lowest BCUT2D eigenvalue weighted by molar-refractivity contribution is 0.0940. The number of nitrogens with two attached hydrogens (primary N) is 1. The highest BCUT2D eigenvalue weighted by Crippen LogP contribution is 2.19. The first-order valence-corrected chi connectivity index (χ1v) is 6.71. The van der Waals surface area contributed by atoms with Crippen molar-refractivity contribution in [1.82, 2.24) is 5.32 Å². The Bertz CT molecular complexity index is 635. The Hall–Kier alpha value is -2.29. The van der Waals surface area contributed by atoms with Gasteiger partial charge in [0.1, 0.15) is 0 Å². The maximum absolute atomic E-state index is 12.2. The maximum Gasteiger partial charge on any atom is 0.251 e. The third-order valence-corrected chi connectivity index (χ3v) is 3.40. The van der Waals surface area contributed by atoms with Gasteiger partial charge in [0, 0.05) is 11.3 Å². The molecule has 2 aromatic carbocycles. The summed E-state index contributed by atoms with van der Waals surface area (Å²) in [5, 5.41) is 3.01. The van der Waals surface area contributed by atoms with Gasteiger partial charge in [-0.2, -0.15) is 0 Å². The van der Waals surface area contributed by atoms with Crippen LogP contribution in [0.25, 0.3) is 0 Å². The fraction of sp³-hybridized carbons (Fsp3) is 0.235. The molecule has 3 nitrogen and oxygen atoms in total. The molecule has 0 aromatic heterocycles. The molecule has 2 aromatic rings. The summed E-state index contributed by atoms with van der Waals surface area (Å²) < 4.78 is 0. The normalized spacial score (nSPS) is 11.9. The van der Waals surface area contributed by atoms with Gasteiger partial charge in [0.2, 0.25) is 0 Å². The second-order valence-electron chi connectivity index (χ2n) is 5.18. The fourth-order valence-electron chi connectivity index (χ4n) is 2.26. The molecule has 1 atom stereocenters. The monoisotopic (exact) mass is 268 g/mol. The number of benzene rings is 2. The van der Waals surface area contributed by atoms with E-state index in [9.17, 15) is 4.79 Å². The molecule has 1 amide bonds. The zero-order valence-corrected chi connectivity index (χ0v) is 12.1. The topological polar surface area (TPSA) is 55.1 Å². The minimum absolute atomic E-state index is 0.0381. The van der Waals surface area contributed by atoms with Crippen LogP contribution in [0.15, 0.2) is 42.5 Å². The second kappa shape index (κ2) is 5.78. The van der Waals surface area contributed by atoms with E-state index in [4.69, 9.17) is 5.73 Å². The van der Waals surface area contributed by atoms with Gasteiger partial charge in [-0.3, -0.25) is 4.79 Å². The van der Waals surface area contributed by atoms with E-state index in [0.717, 1.165) is 5.56 Å². The van der Waals surface area contributed by atoms with Gasteiger partial charge in [-0.05, 0) is 50.1 Å². The van der Waals surface area contributed by atoms with Crippen molar-refractivity contribution in [3.05, 3.63) is 64.7 Å². The molecule has 0 aliphatic carbocycles. The van der Waals surface area contributed by atoms with Crippen molar-refractivity contribution in [1.29, 1.82) is 0 Å². The summed E-state index contributed by atoms with van der Waals surface area (Å²) >= 11 is 0. The number of nitrogen functional groups attached to an aromatic ring is 1. The van der Waals surface area contributed by atoms with E-state index in [1.54, 1.807) is 24.3 Å². The van der Waals surface area contributed by atoms with E-state index in [-0.39, 0.29) is 11.9 Å². The van der Waals surface area contributed by atoms with Crippen LogP contribution in [0.2, 0.25) is 0 Å². The van der Waals surface area contributed by atoms with Crippen LogP contribution in [0.5, 0.6) is 0 Å². The average Bonchev–Trinajstić information content (AvgIpc) is 2.41. The van der Waals surface area contributed by atoms with Gasteiger partial charge in [-0.1, -0.05) is 29.8 Å². The molecular weight excluding hydrogens is 248 g/mol. The number of aryl methyl sites for hydroxylation is 2. The summed E-state index contributed by atoms with van der Waals surface area (Å²) in [4.78, 5) is 12.2. The number of carbonyl (C=O) groups excluding carboxylic acids is 1. The van der Waals surface area contributed by atoms with Crippen LogP contribution in [0.4, 0.5) is 5.69 Å². The van der Waals surface area contributed by atoms with Gasteiger partial charge in [0.15, 0.2) is 0 Å². The van der Waals surface area contributed by atoms with Crippen LogP contribution in [0.1, 0.15) is 40.0 Å². The Kier molecular flexibility index (Phi) is 4.08. The van der Waals surface area contributed by atoms with E-state index in [2.05, 4.69) is 37.4 Å². The number of nitrogens with one attached hydrogen (secondary N) is 1. The Morgan fingerprint density at radius 1 is 1.15 bits per heavy atom. The van der Waals surface area contributed by atoms with Crippen LogP contribution in [0.3, 0.4) is 0 Å². The zero-order chi connectivity index (χ0) is 14.7. The number of carbonyl (C=O) groups is 1. The molecule has 0 heterocycles. The van der Waals surface area contributed by atoms with Crippen LogP contribution >= 0.6 is 0 Å². The van der Waals surface area contributed by atoms with E-state index in [0.29, 0.717) is 11.3 Å². The molecule has 0 aliphatic rings. The Labute approximate surface area is 119 Å². The Morgan fingerprint density at radius 2 is 1.90 bits per heavy atom. The van der Waals surface area contributed by atoms with Gasteiger partial charge in [0.25, 0.3) is 5.91 Å². The first-order chi connectivity index (χ1) is 9.47.